The van der Waals surface area contributed by atoms with E-state index < -0.39 is 11.9 Å². The van der Waals surface area contributed by atoms with E-state index in [2.05, 4.69) is 4.99 Å². The van der Waals surface area contributed by atoms with E-state index in [1.807, 2.05) is 6.07 Å². The van der Waals surface area contributed by atoms with Crippen molar-refractivity contribution in [1.82, 2.24) is 0 Å². The smallest absolute Gasteiger partial charge is 0.323 e. The van der Waals surface area contributed by atoms with Crippen molar-refractivity contribution in [3.05, 3.63) is 53.6 Å². The lowest BCUT2D eigenvalue weighted by molar-refractivity contribution is -0.144. The van der Waals surface area contributed by atoms with Crippen LogP contribution in [0.2, 0.25) is 0 Å². The summed E-state index contributed by atoms with van der Waals surface area (Å²) in [7, 11) is 3.05. The third-order valence-corrected chi connectivity index (χ3v) is 4.15. The number of carbonyl (C=O) groups is 2. The van der Waals surface area contributed by atoms with E-state index in [1.54, 1.807) is 43.3 Å². The molecule has 6 heteroatoms. The van der Waals surface area contributed by atoms with E-state index in [9.17, 15) is 9.59 Å². The normalized spacial score (nSPS) is 15.7. The van der Waals surface area contributed by atoms with Crippen LogP contribution in [0.5, 0.6) is 11.5 Å². The van der Waals surface area contributed by atoms with E-state index in [4.69, 9.17) is 14.2 Å². The van der Waals surface area contributed by atoms with Crippen molar-refractivity contribution in [2.24, 2.45) is 10.9 Å². The first kappa shape index (κ1) is 17.7. The molecular weight excluding hydrogens is 334 g/mol. The van der Waals surface area contributed by atoms with Crippen LogP contribution < -0.4 is 9.47 Å². The summed E-state index contributed by atoms with van der Waals surface area (Å²) >= 11 is 0. The molecule has 2 aromatic rings. The fourth-order valence-corrected chi connectivity index (χ4v) is 2.93. The summed E-state index contributed by atoms with van der Waals surface area (Å²) < 4.78 is 15.7. The van der Waals surface area contributed by atoms with Crippen LogP contribution in [0.1, 0.15) is 22.8 Å². The summed E-state index contributed by atoms with van der Waals surface area (Å²) in [5.74, 6) is -1.09. The van der Waals surface area contributed by atoms with Crippen LogP contribution in [0.15, 0.2) is 47.5 Å². The largest absolute Gasteiger partial charge is 0.497 e. The van der Waals surface area contributed by atoms with Crippen LogP contribution in [-0.2, 0) is 9.53 Å². The molecular formula is C20H19NO5. The first-order chi connectivity index (χ1) is 12.6. The standard InChI is InChI=1S/C20H19NO5/c1-4-26-20(23)17-18(13-7-5-6-8-16(13)25-3)21-15-10-9-12(24-2)11-14(15)19(17)22/h5-11,17H,4H2,1-3H3. The molecule has 1 heterocycles. The summed E-state index contributed by atoms with van der Waals surface area (Å²) in [4.78, 5) is 30.3. The van der Waals surface area contributed by atoms with Gasteiger partial charge in [-0.1, -0.05) is 12.1 Å². The highest BCUT2D eigenvalue weighted by Gasteiger charge is 2.40. The number of fused-ring (bicyclic) bond motifs is 1. The second-order valence-corrected chi connectivity index (χ2v) is 5.63. The highest BCUT2D eigenvalue weighted by atomic mass is 16.5. The van der Waals surface area contributed by atoms with Crippen LogP contribution in [0.3, 0.4) is 0 Å². The summed E-state index contributed by atoms with van der Waals surface area (Å²) in [5.41, 5.74) is 1.73. The predicted octanol–water partition coefficient (Wildman–Crippen LogP) is 3.20. The number of esters is 1. The molecule has 0 aromatic heterocycles. The van der Waals surface area contributed by atoms with Gasteiger partial charge in [0.25, 0.3) is 0 Å². The Labute approximate surface area is 151 Å². The monoisotopic (exact) mass is 353 g/mol. The third-order valence-electron chi connectivity index (χ3n) is 4.15. The zero-order valence-electron chi connectivity index (χ0n) is 14.8. The highest BCUT2D eigenvalue weighted by Crippen LogP contribution is 2.35. The molecule has 0 radical (unpaired) electrons. The van der Waals surface area contributed by atoms with Gasteiger partial charge in [0.2, 0.25) is 0 Å². The van der Waals surface area contributed by atoms with Crippen LogP contribution >= 0.6 is 0 Å². The second-order valence-electron chi connectivity index (χ2n) is 5.63. The lowest BCUT2D eigenvalue weighted by atomic mass is 9.85. The van der Waals surface area contributed by atoms with E-state index in [-0.39, 0.29) is 12.4 Å². The Morgan fingerprint density at radius 2 is 1.85 bits per heavy atom. The summed E-state index contributed by atoms with van der Waals surface area (Å²) in [6, 6.07) is 12.2. The maximum Gasteiger partial charge on any atom is 0.323 e. The van der Waals surface area contributed by atoms with Gasteiger partial charge in [-0.15, -0.1) is 0 Å². The molecule has 1 aliphatic heterocycles. The van der Waals surface area contributed by atoms with Crippen molar-refractivity contribution in [3.63, 3.8) is 0 Å². The van der Waals surface area contributed by atoms with Gasteiger partial charge in [0.1, 0.15) is 11.5 Å². The van der Waals surface area contributed by atoms with Crippen LogP contribution in [-0.4, -0.2) is 38.3 Å². The van der Waals surface area contributed by atoms with E-state index in [1.165, 1.54) is 14.2 Å². The average Bonchev–Trinajstić information content (AvgIpc) is 2.67. The molecule has 2 aromatic carbocycles. The average molecular weight is 353 g/mol. The minimum absolute atomic E-state index is 0.173. The Kier molecular flexibility index (Phi) is 5.02. The van der Waals surface area contributed by atoms with Crippen molar-refractivity contribution in [3.8, 4) is 11.5 Å². The molecule has 0 N–H and O–H groups in total. The van der Waals surface area contributed by atoms with Gasteiger partial charge in [-0.25, -0.2) is 0 Å². The maximum absolute atomic E-state index is 13.1. The van der Waals surface area contributed by atoms with Crippen LogP contribution in [0.4, 0.5) is 5.69 Å². The number of aliphatic imine (C=N–C) groups is 1. The minimum atomic E-state index is -1.15. The summed E-state index contributed by atoms with van der Waals surface area (Å²) in [6.07, 6.45) is 0. The molecule has 0 bridgehead atoms. The maximum atomic E-state index is 13.1. The topological polar surface area (TPSA) is 74.2 Å². The van der Waals surface area contributed by atoms with Gasteiger partial charge in [0, 0.05) is 11.1 Å². The summed E-state index contributed by atoms with van der Waals surface area (Å²) in [6.45, 7) is 1.87. The molecule has 1 atom stereocenters. The molecule has 0 amide bonds. The van der Waals surface area contributed by atoms with Crippen LogP contribution in [0, 0.1) is 5.92 Å². The van der Waals surface area contributed by atoms with Crippen molar-refractivity contribution in [2.75, 3.05) is 20.8 Å². The fourth-order valence-electron chi connectivity index (χ4n) is 2.93. The number of ketones is 1. The van der Waals surface area contributed by atoms with E-state index in [0.717, 1.165) is 0 Å². The van der Waals surface area contributed by atoms with E-state index >= 15 is 0 Å². The number of para-hydroxylation sites is 1. The molecule has 1 unspecified atom stereocenters. The van der Waals surface area contributed by atoms with Gasteiger partial charge < -0.3 is 14.2 Å². The van der Waals surface area contributed by atoms with Crippen LogP contribution in [0.25, 0.3) is 0 Å². The number of benzene rings is 2. The van der Waals surface area contributed by atoms with Gasteiger partial charge in [-0.05, 0) is 37.3 Å². The molecule has 134 valence electrons. The molecule has 6 nitrogen and oxygen atoms in total. The summed E-state index contributed by atoms with van der Waals surface area (Å²) in [5, 5.41) is 0. The first-order valence-corrected chi connectivity index (χ1v) is 8.21. The third kappa shape index (κ3) is 3.06. The second kappa shape index (κ2) is 7.39. The quantitative estimate of drug-likeness (QED) is 0.610. The number of Topliss-reactive ketones (excluding diaryl/α,β-unsaturated/α-hetero) is 1. The first-order valence-electron chi connectivity index (χ1n) is 8.21. The Morgan fingerprint density at radius 3 is 2.54 bits per heavy atom. The SMILES string of the molecule is CCOC(=O)C1C(=O)c2cc(OC)ccc2N=C1c1ccccc1OC. The molecule has 3 rings (SSSR count). The van der Waals surface area contributed by atoms with Crippen molar-refractivity contribution < 1.29 is 23.8 Å². The number of ether oxygens (including phenoxy) is 3. The molecule has 0 fully saturated rings. The van der Waals surface area contributed by atoms with Crippen molar-refractivity contribution >= 4 is 23.2 Å². The molecule has 0 saturated carbocycles. The highest BCUT2D eigenvalue weighted by molar-refractivity contribution is 6.32. The number of nitrogens with zero attached hydrogens (tertiary/aromatic N) is 1. The van der Waals surface area contributed by atoms with Gasteiger partial charge >= 0.3 is 5.97 Å². The van der Waals surface area contributed by atoms with Gasteiger partial charge in [-0.2, -0.15) is 0 Å². The molecule has 0 spiro atoms. The number of methoxy groups -OCH3 is 2. The Hall–Kier alpha value is -3.15. The zero-order valence-corrected chi connectivity index (χ0v) is 14.8. The number of carbonyl (C=O) groups excluding carboxylic acids is 2. The Bertz CT molecular complexity index is 888. The van der Waals surface area contributed by atoms with Crippen molar-refractivity contribution in [2.45, 2.75) is 6.92 Å². The Morgan fingerprint density at radius 1 is 1.08 bits per heavy atom. The molecule has 0 saturated heterocycles. The molecule has 1 aliphatic rings. The number of hydrogen-bond acceptors (Lipinski definition) is 6. The number of hydrogen-bond donors (Lipinski definition) is 0. The van der Waals surface area contributed by atoms with Gasteiger partial charge in [0.05, 0.1) is 32.2 Å². The fraction of sp³-hybridized carbons (Fsp3) is 0.250. The molecule has 26 heavy (non-hydrogen) atoms. The van der Waals surface area contributed by atoms with Gasteiger partial charge in [-0.3, -0.25) is 14.6 Å². The lowest BCUT2D eigenvalue weighted by Gasteiger charge is -2.24. The Balaban J connectivity index is 2.21. The van der Waals surface area contributed by atoms with Gasteiger partial charge in [0.15, 0.2) is 11.7 Å². The predicted molar refractivity (Wildman–Crippen MR) is 96.6 cm³/mol. The minimum Gasteiger partial charge on any atom is -0.497 e. The van der Waals surface area contributed by atoms with Crippen molar-refractivity contribution in [1.29, 1.82) is 0 Å². The van der Waals surface area contributed by atoms with E-state index in [0.29, 0.717) is 34.0 Å². The lowest BCUT2D eigenvalue weighted by Crippen LogP contribution is -2.36. The molecule has 0 aliphatic carbocycles. The number of rotatable bonds is 5. The zero-order chi connectivity index (χ0) is 18.7.